The van der Waals surface area contributed by atoms with Crippen LogP contribution in [-0.4, -0.2) is 38.4 Å². The number of imidazole rings is 1. The Hall–Kier alpha value is -1.92. The first kappa shape index (κ1) is 17.5. The van der Waals surface area contributed by atoms with Gasteiger partial charge in [-0.15, -0.1) is 11.3 Å². The van der Waals surface area contributed by atoms with E-state index in [1.807, 2.05) is 29.6 Å². The summed E-state index contributed by atoms with van der Waals surface area (Å²) in [6.45, 7) is 0. The predicted molar refractivity (Wildman–Crippen MR) is 106 cm³/mol. The van der Waals surface area contributed by atoms with E-state index in [0.717, 1.165) is 33.6 Å². The molecule has 0 atom stereocenters. The van der Waals surface area contributed by atoms with Crippen molar-refractivity contribution in [1.29, 1.82) is 0 Å². The quantitative estimate of drug-likeness (QED) is 0.650. The zero-order valence-corrected chi connectivity index (χ0v) is 16.5. The lowest BCUT2D eigenvalue weighted by molar-refractivity contribution is 0.0680. The highest BCUT2D eigenvalue weighted by molar-refractivity contribution is 7.22. The Kier molecular flexibility index (Phi) is 4.71. The molecule has 0 radical (unpaired) electrons. The SMILES string of the molecule is CN(C(=O)c1ncc(-c2cc3nccc(Cl)c3s2)n1C)C1CCCCC1. The summed E-state index contributed by atoms with van der Waals surface area (Å²) in [5, 5.41) is 0.696. The van der Waals surface area contributed by atoms with Crippen molar-refractivity contribution in [2.24, 2.45) is 7.05 Å². The van der Waals surface area contributed by atoms with E-state index in [2.05, 4.69) is 9.97 Å². The minimum Gasteiger partial charge on any atom is -0.336 e. The lowest BCUT2D eigenvalue weighted by atomic mass is 9.94. The van der Waals surface area contributed by atoms with Crippen molar-refractivity contribution in [1.82, 2.24) is 19.4 Å². The number of rotatable bonds is 3. The molecule has 1 aliphatic rings. The van der Waals surface area contributed by atoms with Gasteiger partial charge in [0.25, 0.3) is 5.91 Å². The minimum absolute atomic E-state index is 0.0112. The lowest BCUT2D eigenvalue weighted by Gasteiger charge is -2.30. The second-order valence-corrected chi connectivity index (χ2v) is 8.31. The number of amides is 1. The molecule has 0 bridgehead atoms. The van der Waals surface area contributed by atoms with Crippen LogP contribution in [0.3, 0.4) is 0 Å². The molecule has 7 heteroatoms. The van der Waals surface area contributed by atoms with Gasteiger partial charge in [0, 0.05) is 26.3 Å². The van der Waals surface area contributed by atoms with Gasteiger partial charge in [0.1, 0.15) is 0 Å². The van der Waals surface area contributed by atoms with Gasteiger partial charge in [0.15, 0.2) is 5.82 Å². The van der Waals surface area contributed by atoms with E-state index in [4.69, 9.17) is 11.6 Å². The Balaban J connectivity index is 1.64. The summed E-state index contributed by atoms with van der Waals surface area (Å²) in [5.74, 6) is 0.465. The first-order valence-electron chi connectivity index (χ1n) is 8.89. The zero-order valence-electron chi connectivity index (χ0n) is 14.9. The molecule has 26 heavy (non-hydrogen) atoms. The molecular weight excluding hydrogens is 368 g/mol. The third-order valence-corrected chi connectivity index (χ3v) is 6.85. The molecule has 3 aromatic rings. The molecule has 4 rings (SSSR count). The number of fused-ring (bicyclic) bond motifs is 1. The molecule has 5 nitrogen and oxygen atoms in total. The van der Waals surface area contributed by atoms with Gasteiger partial charge >= 0.3 is 0 Å². The Morgan fingerprint density at radius 3 is 2.81 bits per heavy atom. The highest BCUT2D eigenvalue weighted by atomic mass is 35.5. The van der Waals surface area contributed by atoms with Gasteiger partial charge in [-0.3, -0.25) is 9.78 Å². The van der Waals surface area contributed by atoms with Crippen LogP contribution in [0.5, 0.6) is 0 Å². The number of carbonyl (C=O) groups is 1. The van der Waals surface area contributed by atoms with Crippen molar-refractivity contribution in [2.45, 2.75) is 38.1 Å². The molecule has 1 fully saturated rings. The van der Waals surface area contributed by atoms with Crippen LogP contribution < -0.4 is 0 Å². The third kappa shape index (κ3) is 3.01. The summed E-state index contributed by atoms with van der Waals surface area (Å²) in [4.78, 5) is 24.6. The van der Waals surface area contributed by atoms with Crippen molar-refractivity contribution in [3.05, 3.63) is 35.4 Å². The molecule has 0 aliphatic heterocycles. The fourth-order valence-electron chi connectivity index (χ4n) is 3.66. The first-order valence-corrected chi connectivity index (χ1v) is 10.1. The average Bonchev–Trinajstić information content (AvgIpc) is 3.25. The number of pyridine rings is 1. The number of aromatic nitrogens is 3. The molecule has 136 valence electrons. The van der Waals surface area contributed by atoms with Crippen LogP contribution in [0.25, 0.3) is 20.8 Å². The van der Waals surface area contributed by atoms with Crippen LogP contribution in [0, 0.1) is 0 Å². The minimum atomic E-state index is -0.0112. The number of carbonyl (C=O) groups excluding carboxylic acids is 1. The molecular formula is C19H21ClN4OS. The van der Waals surface area contributed by atoms with E-state index in [1.54, 1.807) is 29.8 Å². The topological polar surface area (TPSA) is 51.0 Å². The maximum absolute atomic E-state index is 12.9. The van der Waals surface area contributed by atoms with Crippen molar-refractivity contribution >= 4 is 39.1 Å². The van der Waals surface area contributed by atoms with E-state index >= 15 is 0 Å². The van der Waals surface area contributed by atoms with Gasteiger partial charge in [-0.1, -0.05) is 30.9 Å². The lowest BCUT2D eigenvalue weighted by Crippen LogP contribution is -2.39. The van der Waals surface area contributed by atoms with E-state index in [0.29, 0.717) is 16.9 Å². The molecule has 1 aliphatic carbocycles. The van der Waals surface area contributed by atoms with Crippen LogP contribution in [0.1, 0.15) is 42.7 Å². The van der Waals surface area contributed by atoms with Crippen LogP contribution in [-0.2, 0) is 7.05 Å². The van der Waals surface area contributed by atoms with Gasteiger partial charge in [-0.05, 0) is 25.0 Å². The third-order valence-electron chi connectivity index (χ3n) is 5.24. The molecule has 0 unspecified atom stereocenters. The van der Waals surface area contributed by atoms with Crippen molar-refractivity contribution in [3.8, 4) is 10.6 Å². The Morgan fingerprint density at radius 1 is 1.31 bits per heavy atom. The summed E-state index contributed by atoms with van der Waals surface area (Å²) >= 11 is 7.84. The first-order chi connectivity index (χ1) is 12.6. The van der Waals surface area contributed by atoms with Crippen molar-refractivity contribution in [2.75, 3.05) is 7.05 Å². The van der Waals surface area contributed by atoms with E-state index in [9.17, 15) is 4.79 Å². The van der Waals surface area contributed by atoms with Crippen LogP contribution in [0.15, 0.2) is 24.5 Å². The van der Waals surface area contributed by atoms with Crippen LogP contribution in [0.4, 0.5) is 0 Å². The summed E-state index contributed by atoms with van der Waals surface area (Å²) in [6, 6.07) is 4.12. The Labute approximate surface area is 161 Å². The van der Waals surface area contributed by atoms with Crippen LogP contribution in [0.2, 0.25) is 5.02 Å². The molecule has 3 aromatic heterocycles. The average molecular weight is 389 g/mol. The zero-order chi connectivity index (χ0) is 18.3. The second-order valence-electron chi connectivity index (χ2n) is 6.85. The standard InChI is InChI=1S/C19H21ClN4OS/c1-23(12-6-4-3-5-7-12)19(25)18-22-11-15(24(18)2)16-10-14-17(26-16)13(20)8-9-21-14/h8-12H,3-7H2,1-2H3. The summed E-state index contributed by atoms with van der Waals surface area (Å²) < 4.78 is 2.83. The summed E-state index contributed by atoms with van der Waals surface area (Å²) in [7, 11) is 3.79. The van der Waals surface area contributed by atoms with Gasteiger partial charge in [-0.25, -0.2) is 4.98 Å². The number of halogens is 1. The molecule has 3 heterocycles. The monoisotopic (exact) mass is 388 g/mol. The second kappa shape index (κ2) is 7.00. The highest BCUT2D eigenvalue weighted by Gasteiger charge is 2.26. The van der Waals surface area contributed by atoms with Gasteiger partial charge < -0.3 is 9.47 Å². The fraction of sp³-hybridized carbons (Fsp3) is 0.421. The van der Waals surface area contributed by atoms with Crippen LogP contribution >= 0.6 is 22.9 Å². The van der Waals surface area contributed by atoms with Gasteiger partial charge in [-0.2, -0.15) is 0 Å². The number of hydrogen-bond donors (Lipinski definition) is 0. The Morgan fingerprint density at radius 2 is 2.08 bits per heavy atom. The number of hydrogen-bond acceptors (Lipinski definition) is 4. The van der Waals surface area contributed by atoms with E-state index < -0.39 is 0 Å². The smallest absolute Gasteiger partial charge is 0.289 e. The maximum atomic E-state index is 12.9. The highest BCUT2D eigenvalue weighted by Crippen LogP contribution is 2.36. The van der Waals surface area contributed by atoms with E-state index in [-0.39, 0.29) is 5.91 Å². The van der Waals surface area contributed by atoms with E-state index in [1.165, 1.54) is 19.3 Å². The molecule has 0 aromatic carbocycles. The summed E-state index contributed by atoms with van der Waals surface area (Å²) in [6.07, 6.45) is 9.31. The molecule has 0 saturated heterocycles. The number of thiophene rings is 1. The Bertz CT molecular complexity index is 958. The van der Waals surface area contributed by atoms with Crippen molar-refractivity contribution < 1.29 is 4.79 Å². The number of nitrogens with zero attached hydrogens (tertiary/aromatic N) is 4. The van der Waals surface area contributed by atoms with Gasteiger partial charge in [0.2, 0.25) is 0 Å². The van der Waals surface area contributed by atoms with Gasteiger partial charge in [0.05, 0.1) is 32.0 Å². The van der Waals surface area contributed by atoms with Crippen molar-refractivity contribution in [3.63, 3.8) is 0 Å². The normalized spacial score (nSPS) is 15.5. The largest absolute Gasteiger partial charge is 0.336 e. The fourth-order valence-corrected chi connectivity index (χ4v) is 5.00. The molecule has 1 amide bonds. The molecule has 0 spiro atoms. The summed E-state index contributed by atoms with van der Waals surface area (Å²) in [5.41, 5.74) is 1.77. The molecule has 1 saturated carbocycles. The molecule has 0 N–H and O–H groups in total. The predicted octanol–water partition coefficient (Wildman–Crippen LogP) is 4.75. The maximum Gasteiger partial charge on any atom is 0.289 e.